The third-order valence-corrected chi connectivity index (χ3v) is 3.12. The van der Waals surface area contributed by atoms with Gasteiger partial charge in [-0.25, -0.2) is 0 Å². The molecule has 0 aliphatic carbocycles. The van der Waals surface area contributed by atoms with E-state index in [1.165, 1.54) is 0 Å². The summed E-state index contributed by atoms with van der Waals surface area (Å²) in [5, 5.41) is 3.47. The number of nitrogens with two attached hydrogens (primary N) is 1. The fraction of sp³-hybridized carbons (Fsp3) is 0.462. The molecule has 1 atom stereocenters. The largest absolute Gasteiger partial charge is 0.397 e. The first kappa shape index (κ1) is 14.6. The van der Waals surface area contributed by atoms with Crippen LogP contribution >= 0.6 is 11.6 Å². The molecular formula is C13H20ClN3O. The number of carbonyl (C=O) groups excluding carboxylic acids is 1. The van der Waals surface area contributed by atoms with Crippen LogP contribution in [0.3, 0.4) is 0 Å². The minimum Gasteiger partial charge on any atom is -0.397 e. The molecule has 0 radical (unpaired) electrons. The Hall–Kier alpha value is -1.42. The number of likely N-dealkylation sites (N-methyl/N-ethyl adjacent to an activating group) is 1. The summed E-state index contributed by atoms with van der Waals surface area (Å²) in [4.78, 5) is 13.7. The Kier molecular flexibility index (Phi) is 5.28. The van der Waals surface area contributed by atoms with Crippen LogP contribution in [0.4, 0.5) is 11.4 Å². The molecule has 0 aliphatic heterocycles. The van der Waals surface area contributed by atoms with Crippen molar-refractivity contribution in [2.45, 2.75) is 26.3 Å². The maximum absolute atomic E-state index is 11.9. The first-order chi connectivity index (χ1) is 8.47. The number of carbonyl (C=O) groups is 1. The lowest BCUT2D eigenvalue weighted by Gasteiger charge is -2.27. The SMILES string of the molecule is CCCNC(=O)C(C)N(C)c1cc(Cl)ccc1N. The number of anilines is 2. The van der Waals surface area contributed by atoms with Gasteiger partial charge in [-0.1, -0.05) is 18.5 Å². The molecule has 0 aliphatic rings. The van der Waals surface area contributed by atoms with Crippen LogP contribution in [-0.4, -0.2) is 25.5 Å². The molecular weight excluding hydrogens is 250 g/mol. The highest BCUT2D eigenvalue weighted by molar-refractivity contribution is 6.31. The van der Waals surface area contributed by atoms with Crippen LogP contribution in [0, 0.1) is 0 Å². The van der Waals surface area contributed by atoms with Crippen LogP contribution in [-0.2, 0) is 4.79 Å². The number of rotatable bonds is 5. The van der Waals surface area contributed by atoms with E-state index in [9.17, 15) is 4.79 Å². The van der Waals surface area contributed by atoms with E-state index < -0.39 is 0 Å². The molecule has 5 heteroatoms. The number of benzene rings is 1. The molecule has 0 saturated carbocycles. The van der Waals surface area contributed by atoms with Crippen molar-refractivity contribution >= 4 is 28.9 Å². The number of halogens is 1. The maximum Gasteiger partial charge on any atom is 0.242 e. The second-order valence-corrected chi connectivity index (χ2v) is 4.72. The lowest BCUT2D eigenvalue weighted by Crippen LogP contribution is -2.43. The fourth-order valence-corrected chi connectivity index (χ4v) is 1.77. The average Bonchev–Trinajstić information content (AvgIpc) is 2.37. The van der Waals surface area contributed by atoms with E-state index in [2.05, 4.69) is 5.32 Å². The predicted octanol–water partition coefficient (Wildman–Crippen LogP) is 2.27. The van der Waals surface area contributed by atoms with E-state index in [-0.39, 0.29) is 11.9 Å². The smallest absolute Gasteiger partial charge is 0.242 e. The first-order valence-electron chi connectivity index (χ1n) is 6.03. The van der Waals surface area contributed by atoms with Crippen molar-refractivity contribution in [3.63, 3.8) is 0 Å². The molecule has 4 nitrogen and oxygen atoms in total. The minimum absolute atomic E-state index is 0.0151. The summed E-state index contributed by atoms with van der Waals surface area (Å²) >= 11 is 5.95. The molecule has 1 rings (SSSR count). The third kappa shape index (κ3) is 3.53. The van der Waals surface area contributed by atoms with E-state index in [1.54, 1.807) is 18.2 Å². The van der Waals surface area contributed by atoms with Crippen molar-refractivity contribution in [1.82, 2.24) is 5.32 Å². The lowest BCUT2D eigenvalue weighted by atomic mass is 10.2. The van der Waals surface area contributed by atoms with E-state index in [1.807, 2.05) is 25.8 Å². The first-order valence-corrected chi connectivity index (χ1v) is 6.40. The number of nitrogens with zero attached hydrogens (tertiary/aromatic N) is 1. The van der Waals surface area contributed by atoms with Crippen molar-refractivity contribution in [1.29, 1.82) is 0 Å². The molecule has 1 aromatic rings. The summed E-state index contributed by atoms with van der Waals surface area (Å²) < 4.78 is 0. The summed E-state index contributed by atoms with van der Waals surface area (Å²) in [5.41, 5.74) is 7.27. The van der Waals surface area contributed by atoms with Crippen molar-refractivity contribution in [2.75, 3.05) is 24.2 Å². The van der Waals surface area contributed by atoms with Gasteiger partial charge < -0.3 is 16.0 Å². The molecule has 1 aromatic carbocycles. The van der Waals surface area contributed by atoms with Crippen LogP contribution in [0.15, 0.2) is 18.2 Å². The predicted molar refractivity (Wildman–Crippen MR) is 77.0 cm³/mol. The summed E-state index contributed by atoms with van der Waals surface area (Å²) in [7, 11) is 1.83. The molecule has 0 saturated heterocycles. The lowest BCUT2D eigenvalue weighted by molar-refractivity contribution is -0.121. The molecule has 100 valence electrons. The molecule has 18 heavy (non-hydrogen) atoms. The molecule has 0 heterocycles. The molecule has 0 spiro atoms. The van der Waals surface area contributed by atoms with Crippen molar-refractivity contribution in [2.24, 2.45) is 0 Å². The molecule has 3 N–H and O–H groups in total. The molecule has 1 amide bonds. The number of hydrogen-bond donors (Lipinski definition) is 2. The summed E-state index contributed by atoms with van der Waals surface area (Å²) in [6.07, 6.45) is 0.918. The second kappa shape index (κ2) is 6.50. The third-order valence-electron chi connectivity index (χ3n) is 2.88. The zero-order valence-electron chi connectivity index (χ0n) is 11.0. The summed E-state index contributed by atoms with van der Waals surface area (Å²) in [6.45, 7) is 4.54. The van der Waals surface area contributed by atoms with E-state index in [0.29, 0.717) is 17.3 Å². The van der Waals surface area contributed by atoms with Crippen LogP contribution < -0.4 is 16.0 Å². The normalized spacial score (nSPS) is 12.0. The number of amides is 1. The van der Waals surface area contributed by atoms with Gasteiger partial charge in [-0.2, -0.15) is 0 Å². The Morgan fingerprint density at radius 2 is 2.22 bits per heavy atom. The highest BCUT2D eigenvalue weighted by atomic mass is 35.5. The monoisotopic (exact) mass is 269 g/mol. The van der Waals surface area contributed by atoms with Gasteiger partial charge in [0.1, 0.15) is 6.04 Å². The summed E-state index contributed by atoms with van der Waals surface area (Å²) in [6, 6.07) is 4.94. The van der Waals surface area contributed by atoms with Gasteiger partial charge in [0, 0.05) is 18.6 Å². The highest BCUT2D eigenvalue weighted by Crippen LogP contribution is 2.27. The Labute approximate surface area is 113 Å². The van der Waals surface area contributed by atoms with Gasteiger partial charge >= 0.3 is 0 Å². The molecule has 0 aromatic heterocycles. The van der Waals surface area contributed by atoms with E-state index in [0.717, 1.165) is 12.1 Å². The average molecular weight is 270 g/mol. The minimum atomic E-state index is -0.294. The van der Waals surface area contributed by atoms with E-state index >= 15 is 0 Å². The zero-order valence-corrected chi connectivity index (χ0v) is 11.8. The molecule has 1 unspecified atom stereocenters. The van der Waals surface area contributed by atoms with Crippen LogP contribution in [0.1, 0.15) is 20.3 Å². The van der Waals surface area contributed by atoms with Gasteiger partial charge in [0.2, 0.25) is 5.91 Å². The standard InChI is InChI=1S/C13H20ClN3O/c1-4-7-16-13(18)9(2)17(3)12-8-10(14)5-6-11(12)15/h5-6,8-9H,4,7,15H2,1-3H3,(H,16,18). The van der Waals surface area contributed by atoms with E-state index in [4.69, 9.17) is 17.3 Å². The number of nitrogen functional groups attached to an aromatic ring is 1. The topological polar surface area (TPSA) is 58.4 Å². The van der Waals surface area contributed by atoms with Crippen molar-refractivity contribution < 1.29 is 4.79 Å². The van der Waals surface area contributed by atoms with Gasteiger partial charge in [-0.05, 0) is 31.5 Å². The van der Waals surface area contributed by atoms with Crippen LogP contribution in [0.25, 0.3) is 0 Å². The van der Waals surface area contributed by atoms with Crippen LogP contribution in [0.2, 0.25) is 5.02 Å². The Bertz CT molecular complexity index is 423. The summed E-state index contributed by atoms with van der Waals surface area (Å²) in [5.74, 6) is -0.0151. The fourth-order valence-electron chi connectivity index (χ4n) is 1.60. The Morgan fingerprint density at radius 1 is 1.56 bits per heavy atom. The van der Waals surface area contributed by atoms with Crippen molar-refractivity contribution in [3.05, 3.63) is 23.2 Å². The molecule has 0 bridgehead atoms. The Balaban J connectivity index is 2.82. The molecule has 0 fully saturated rings. The number of nitrogens with one attached hydrogen (secondary N) is 1. The number of hydrogen-bond acceptors (Lipinski definition) is 3. The zero-order chi connectivity index (χ0) is 13.7. The van der Waals surface area contributed by atoms with Gasteiger partial charge in [0.25, 0.3) is 0 Å². The van der Waals surface area contributed by atoms with Gasteiger partial charge in [0.05, 0.1) is 11.4 Å². The maximum atomic E-state index is 11.9. The Morgan fingerprint density at radius 3 is 2.83 bits per heavy atom. The van der Waals surface area contributed by atoms with Gasteiger partial charge in [-0.3, -0.25) is 4.79 Å². The highest BCUT2D eigenvalue weighted by Gasteiger charge is 2.19. The van der Waals surface area contributed by atoms with Crippen LogP contribution in [0.5, 0.6) is 0 Å². The van der Waals surface area contributed by atoms with Gasteiger partial charge in [-0.15, -0.1) is 0 Å². The van der Waals surface area contributed by atoms with Crippen molar-refractivity contribution in [3.8, 4) is 0 Å². The van der Waals surface area contributed by atoms with Gasteiger partial charge in [0.15, 0.2) is 0 Å². The quantitative estimate of drug-likeness (QED) is 0.807. The second-order valence-electron chi connectivity index (χ2n) is 4.28.